The average Bonchev–Trinajstić information content (AvgIpc) is 3.19. The Morgan fingerprint density at radius 2 is 1.89 bits per heavy atom. The van der Waals surface area contributed by atoms with E-state index in [2.05, 4.69) is 42.7 Å². The fraction of sp³-hybridized carbons (Fsp3) is 0.320. The van der Waals surface area contributed by atoms with Crippen LogP contribution < -0.4 is 16.0 Å². The second kappa shape index (κ2) is 10.4. The number of aromatic nitrogens is 3. The number of nitrogens with one attached hydrogen (secondary N) is 3. The van der Waals surface area contributed by atoms with Crippen LogP contribution in [0.2, 0.25) is 0 Å². The summed E-state index contributed by atoms with van der Waals surface area (Å²) in [6.07, 6.45) is 5.60. The van der Waals surface area contributed by atoms with Crippen molar-refractivity contribution in [2.75, 3.05) is 5.32 Å². The highest BCUT2D eigenvalue weighted by Gasteiger charge is 2.29. The van der Waals surface area contributed by atoms with Crippen molar-refractivity contribution in [2.45, 2.75) is 49.6 Å². The van der Waals surface area contributed by atoms with Gasteiger partial charge in [-0.2, -0.15) is 0 Å². The van der Waals surface area contributed by atoms with E-state index in [9.17, 15) is 14.0 Å². The van der Waals surface area contributed by atoms with Gasteiger partial charge in [0, 0.05) is 30.2 Å². The van der Waals surface area contributed by atoms with Gasteiger partial charge in [-0.15, -0.1) is 0 Å². The number of imide groups is 1. The molecule has 1 saturated carbocycles. The summed E-state index contributed by atoms with van der Waals surface area (Å²) in [7, 11) is 0. The number of carbonyl (C=O) groups is 2. The van der Waals surface area contributed by atoms with Gasteiger partial charge in [-0.1, -0.05) is 12.0 Å². The molecule has 35 heavy (non-hydrogen) atoms. The van der Waals surface area contributed by atoms with Crippen molar-refractivity contribution in [1.82, 2.24) is 25.6 Å². The van der Waals surface area contributed by atoms with Crippen molar-refractivity contribution in [3.05, 3.63) is 59.8 Å². The number of halogens is 1. The summed E-state index contributed by atoms with van der Waals surface area (Å²) in [5, 5.41) is 8.90. The molecule has 2 amide bonds. The van der Waals surface area contributed by atoms with Crippen LogP contribution in [0.4, 0.5) is 15.1 Å². The summed E-state index contributed by atoms with van der Waals surface area (Å²) in [5.41, 5.74) is 2.23. The Hall–Kier alpha value is -3.55. The number of nitrogens with zero attached hydrogens (tertiary/aromatic N) is 3. The Morgan fingerprint density at radius 1 is 1.06 bits per heavy atom. The minimum atomic E-state index is -0.704. The molecule has 1 aliphatic carbocycles. The van der Waals surface area contributed by atoms with Crippen LogP contribution in [-0.2, 0) is 11.3 Å². The first-order valence-electron chi connectivity index (χ1n) is 11.4. The lowest BCUT2D eigenvalue weighted by Crippen LogP contribution is -2.37. The first-order valence-corrected chi connectivity index (χ1v) is 12.3. The van der Waals surface area contributed by atoms with Crippen molar-refractivity contribution in [1.29, 1.82) is 0 Å². The second-order valence-corrected chi connectivity index (χ2v) is 9.60. The van der Waals surface area contributed by atoms with Crippen LogP contribution in [0.3, 0.4) is 0 Å². The smallest absolute Gasteiger partial charge is 0.287 e. The summed E-state index contributed by atoms with van der Waals surface area (Å²) >= 11 is 0.873. The Bertz CT molecular complexity index is 1330. The predicted octanol–water partition coefficient (Wildman–Crippen LogP) is 3.38. The van der Waals surface area contributed by atoms with E-state index >= 15 is 0 Å². The topological polar surface area (TPSA) is 109 Å². The lowest BCUT2D eigenvalue weighted by molar-refractivity contribution is -0.118. The number of rotatable bonds is 5. The zero-order valence-electron chi connectivity index (χ0n) is 18.8. The maximum Gasteiger partial charge on any atom is 0.287 e. The predicted molar refractivity (Wildman–Crippen MR) is 132 cm³/mol. The molecule has 1 atom stereocenters. The normalized spacial score (nSPS) is 21.9. The van der Waals surface area contributed by atoms with Crippen LogP contribution in [0.15, 0.2) is 42.6 Å². The molecule has 10 heteroatoms. The molecule has 0 radical (unpaired) electrons. The molecule has 1 aromatic carbocycles. The van der Waals surface area contributed by atoms with Crippen molar-refractivity contribution in [2.24, 2.45) is 0 Å². The van der Waals surface area contributed by atoms with Gasteiger partial charge in [0.05, 0.1) is 11.2 Å². The fourth-order valence-corrected chi connectivity index (χ4v) is 4.86. The van der Waals surface area contributed by atoms with Gasteiger partial charge in [-0.05, 0) is 73.7 Å². The first-order chi connectivity index (χ1) is 17.0. The Balaban J connectivity index is 1.10. The van der Waals surface area contributed by atoms with Crippen LogP contribution >= 0.6 is 11.8 Å². The van der Waals surface area contributed by atoms with E-state index in [4.69, 9.17) is 0 Å². The maximum atomic E-state index is 13.4. The number of thioether (sulfide) groups is 1. The van der Waals surface area contributed by atoms with Gasteiger partial charge >= 0.3 is 0 Å². The van der Waals surface area contributed by atoms with Gasteiger partial charge in [0.25, 0.3) is 11.1 Å². The van der Waals surface area contributed by atoms with Crippen molar-refractivity contribution < 1.29 is 14.0 Å². The number of pyridine rings is 1. The number of carbonyl (C=O) groups excluding carboxylic acids is 2. The average molecular weight is 491 g/mol. The molecule has 2 aromatic heterocycles. The first kappa shape index (κ1) is 23.2. The summed E-state index contributed by atoms with van der Waals surface area (Å²) in [5.74, 6) is 5.50. The van der Waals surface area contributed by atoms with Gasteiger partial charge < -0.3 is 10.6 Å². The molecular formula is C25H23FN6O2S. The molecular weight excluding hydrogens is 467 g/mol. The van der Waals surface area contributed by atoms with E-state index in [1.807, 2.05) is 12.1 Å². The maximum absolute atomic E-state index is 13.4. The monoisotopic (exact) mass is 490 g/mol. The highest BCUT2D eigenvalue weighted by molar-refractivity contribution is 8.15. The summed E-state index contributed by atoms with van der Waals surface area (Å²) < 4.78 is 13.4. The largest absolute Gasteiger partial charge is 0.351 e. The molecule has 1 aliphatic heterocycles. The van der Waals surface area contributed by atoms with Crippen molar-refractivity contribution in [3.63, 3.8) is 0 Å². The highest BCUT2D eigenvalue weighted by Crippen LogP contribution is 2.22. The number of fused-ring (bicyclic) bond motifs is 1. The SMILES string of the molecule is O=C1NC(=O)C(C#Cc2ccnc(N[C@H]3CC[C@H](NCc4ccc5cc(F)ccc5n4)CC3)n2)S1. The van der Waals surface area contributed by atoms with Crippen molar-refractivity contribution in [3.8, 4) is 11.8 Å². The number of anilines is 1. The summed E-state index contributed by atoms with van der Waals surface area (Å²) in [6, 6.07) is 10.8. The van der Waals surface area contributed by atoms with Crippen LogP contribution in [0, 0.1) is 17.7 Å². The van der Waals surface area contributed by atoms with Gasteiger partial charge in [-0.25, -0.2) is 14.4 Å². The van der Waals surface area contributed by atoms with E-state index in [1.54, 1.807) is 18.3 Å². The molecule has 3 N–H and O–H groups in total. The number of hydrogen-bond donors (Lipinski definition) is 3. The minimum absolute atomic E-state index is 0.254. The van der Waals surface area contributed by atoms with Crippen LogP contribution in [0.1, 0.15) is 37.1 Å². The molecule has 178 valence electrons. The Morgan fingerprint density at radius 3 is 2.69 bits per heavy atom. The third-order valence-electron chi connectivity index (χ3n) is 6.02. The second-order valence-electron chi connectivity index (χ2n) is 8.52. The summed E-state index contributed by atoms with van der Waals surface area (Å²) in [4.78, 5) is 36.2. The van der Waals surface area contributed by atoms with Crippen LogP contribution in [0.25, 0.3) is 10.9 Å². The van der Waals surface area contributed by atoms with Gasteiger partial charge in [0.1, 0.15) is 11.5 Å². The quantitative estimate of drug-likeness (QED) is 0.467. The molecule has 5 rings (SSSR count). The highest BCUT2D eigenvalue weighted by atomic mass is 32.2. The lowest BCUT2D eigenvalue weighted by atomic mass is 9.91. The molecule has 3 heterocycles. The summed E-state index contributed by atoms with van der Waals surface area (Å²) in [6.45, 7) is 0.669. The Kier molecular flexibility index (Phi) is 6.88. The standard InChI is InChI=1S/C25H23FN6O2S/c26-16-2-9-21-15(13-16)1-3-20(29-21)14-28-17-4-6-18(7-5-17)30-24-27-12-11-19(31-24)8-10-22-23(33)32-25(34)35-22/h1-3,9,11-13,17-18,22,28H,4-7,14H2,(H,27,30,31)(H,32,33,34)/t17-,18-,22?. The van der Waals surface area contributed by atoms with Gasteiger partial charge in [-0.3, -0.25) is 19.9 Å². The van der Waals surface area contributed by atoms with E-state index < -0.39 is 11.2 Å². The minimum Gasteiger partial charge on any atom is -0.351 e. The zero-order valence-corrected chi connectivity index (χ0v) is 19.6. The van der Waals surface area contributed by atoms with Crippen LogP contribution in [0.5, 0.6) is 0 Å². The zero-order chi connectivity index (χ0) is 24.2. The molecule has 1 saturated heterocycles. The molecule has 2 fully saturated rings. The fourth-order valence-electron chi connectivity index (χ4n) is 4.20. The Labute approximate surface area is 205 Å². The van der Waals surface area contributed by atoms with Gasteiger partial charge in [0.15, 0.2) is 5.25 Å². The molecule has 1 unspecified atom stereocenters. The van der Waals surface area contributed by atoms with Crippen LogP contribution in [-0.4, -0.2) is 43.4 Å². The molecule has 8 nitrogen and oxygen atoms in total. The molecule has 2 aliphatic rings. The number of amides is 2. The van der Waals surface area contributed by atoms with E-state index in [1.165, 1.54) is 12.1 Å². The van der Waals surface area contributed by atoms with Crippen molar-refractivity contribution >= 4 is 39.8 Å². The van der Waals surface area contributed by atoms with E-state index in [0.29, 0.717) is 24.2 Å². The van der Waals surface area contributed by atoms with E-state index in [-0.39, 0.29) is 17.1 Å². The van der Waals surface area contributed by atoms with E-state index in [0.717, 1.165) is 54.0 Å². The lowest BCUT2D eigenvalue weighted by Gasteiger charge is -2.29. The molecule has 3 aromatic rings. The number of benzene rings is 1. The van der Waals surface area contributed by atoms with Gasteiger partial charge in [0.2, 0.25) is 5.95 Å². The number of hydrogen-bond acceptors (Lipinski definition) is 8. The molecule has 0 bridgehead atoms. The molecule has 0 spiro atoms. The third kappa shape index (κ3) is 5.93. The third-order valence-corrected chi connectivity index (χ3v) is 6.90.